The lowest BCUT2D eigenvalue weighted by molar-refractivity contribution is -0.113. The average molecular weight is 494 g/mol. The second-order valence-electron chi connectivity index (χ2n) is 8.47. The zero-order valence-corrected chi connectivity index (χ0v) is 21.5. The van der Waals surface area contributed by atoms with E-state index in [1.807, 2.05) is 69.3 Å². The summed E-state index contributed by atoms with van der Waals surface area (Å²) in [5, 5.41) is 11.7. The summed E-state index contributed by atoms with van der Waals surface area (Å²) in [5.74, 6) is 2.66. The fourth-order valence-electron chi connectivity index (χ4n) is 3.93. The number of ether oxygens (including phenoxy) is 2. The standard InChI is InChI=1S/C26H31N5O3S/c1-6-15-35-26-29-25-27-17(4)22(24(32)28-20-9-7-8-10-21(20)33-5)23(31(25)30-26)18-11-13-19(14-12-18)34-16(2)3/h7-14,16,23H,6,15H2,1-5H3,(H,28,32)(H,27,29,30). The van der Waals surface area contributed by atoms with Crippen molar-refractivity contribution < 1.29 is 14.3 Å². The van der Waals surface area contributed by atoms with Crippen LogP contribution in [0.2, 0.25) is 0 Å². The SMILES string of the molecule is CCCSc1nc2n(n1)C(c1ccc(OC(C)C)cc1)C(C(=O)Nc1ccccc1OC)=C(C)N2. The maximum atomic E-state index is 13.7. The number of hydrogen-bond donors (Lipinski definition) is 2. The average Bonchev–Trinajstić information content (AvgIpc) is 3.24. The van der Waals surface area contributed by atoms with Gasteiger partial charge in [-0.2, -0.15) is 4.98 Å². The Hall–Kier alpha value is -3.46. The molecule has 35 heavy (non-hydrogen) atoms. The fraction of sp³-hybridized carbons (Fsp3) is 0.346. The monoisotopic (exact) mass is 493 g/mol. The number of anilines is 2. The minimum Gasteiger partial charge on any atom is -0.495 e. The van der Waals surface area contributed by atoms with E-state index in [0.29, 0.717) is 28.1 Å². The predicted molar refractivity (Wildman–Crippen MR) is 139 cm³/mol. The van der Waals surface area contributed by atoms with Crippen LogP contribution in [0.15, 0.2) is 65.0 Å². The number of methoxy groups -OCH3 is 1. The number of benzene rings is 2. The smallest absolute Gasteiger partial charge is 0.255 e. The minimum absolute atomic E-state index is 0.0733. The van der Waals surface area contributed by atoms with Crippen molar-refractivity contribution in [3.63, 3.8) is 0 Å². The van der Waals surface area contributed by atoms with Gasteiger partial charge < -0.3 is 20.1 Å². The predicted octanol–water partition coefficient (Wildman–Crippen LogP) is 5.50. The summed E-state index contributed by atoms with van der Waals surface area (Å²) in [4.78, 5) is 18.3. The van der Waals surface area contributed by atoms with Gasteiger partial charge in [-0.3, -0.25) is 4.79 Å². The van der Waals surface area contributed by atoms with Crippen LogP contribution in [0.5, 0.6) is 11.5 Å². The molecule has 1 aliphatic heterocycles. The zero-order valence-electron chi connectivity index (χ0n) is 20.7. The molecule has 0 fully saturated rings. The zero-order chi connectivity index (χ0) is 24.9. The summed E-state index contributed by atoms with van der Waals surface area (Å²) < 4.78 is 13.0. The Labute approximate surface area is 210 Å². The van der Waals surface area contributed by atoms with Crippen molar-refractivity contribution in [2.75, 3.05) is 23.5 Å². The first-order chi connectivity index (χ1) is 16.9. The number of aromatic nitrogens is 3. The van der Waals surface area contributed by atoms with Crippen molar-refractivity contribution in [1.82, 2.24) is 14.8 Å². The number of nitrogens with zero attached hydrogens (tertiary/aromatic N) is 3. The quantitative estimate of drug-likeness (QED) is 0.380. The molecule has 4 rings (SSSR count). The molecule has 0 spiro atoms. The molecule has 2 heterocycles. The van der Waals surface area contributed by atoms with Gasteiger partial charge in [-0.05, 0) is 57.0 Å². The van der Waals surface area contributed by atoms with Crippen molar-refractivity contribution in [3.8, 4) is 11.5 Å². The highest BCUT2D eigenvalue weighted by Gasteiger charge is 2.34. The third-order valence-corrected chi connectivity index (χ3v) is 6.48. The first-order valence-electron chi connectivity index (χ1n) is 11.7. The number of carbonyl (C=O) groups is 1. The Balaban J connectivity index is 1.74. The third-order valence-electron chi connectivity index (χ3n) is 5.44. The van der Waals surface area contributed by atoms with Gasteiger partial charge in [0, 0.05) is 11.4 Å². The molecule has 0 aliphatic carbocycles. The van der Waals surface area contributed by atoms with Crippen LogP contribution in [0, 0.1) is 0 Å². The minimum atomic E-state index is -0.461. The largest absolute Gasteiger partial charge is 0.495 e. The summed E-state index contributed by atoms with van der Waals surface area (Å²) in [7, 11) is 1.58. The van der Waals surface area contributed by atoms with Crippen LogP contribution >= 0.6 is 11.8 Å². The molecule has 2 N–H and O–H groups in total. The van der Waals surface area contributed by atoms with E-state index in [2.05, 4.69) is 22.5 Å². The van der Waals surface area contributed by atoms with Gasteiger partial charge in [0.15, 0.2) is 0 Å². The Morgan fingerprint density at radius 3 is 2.63 bits per heavy atom. The van der Waals surface area contributed by atoms with Crippen LogP contribution in [0.4, 0.5) is 11.6 Å². The molecule has 1 aromatic heterocycles. The van der Waals surface area contributed by atoms with Gasteiger partial charge in [-0.1, -0.05) is 43.0 Å². The highest BCUT2D eigenvalue weighted by molar-refractivity contribution is 7.99. The molecule has 1 amide bonds. The van der Waals surface area contributed by atoms with E-state index < -0.39 is 6.04 Å². The lowest BCUT2D eigenvalue weighted by Gasteiger charge is -2.29. The normalized spacial score (nSPS) is 15.0. The van der Waals surface area contributed by atoms with Gasteiger partial charge in [-0.15, -0.1) is 5.10 Å². The van der Waals surface area contributed by atoms with Crippen LogP contribution in [-0.4, -0.2) is 39.6 Å². The summed E-state index contributed by atoms with van der Waals surface area (Å²) >= 11 is 1.60. The molecular formula is C26H31N5O3S. The molecule has 0 bridgehead atoms. The highest BCUT2D eigenvalue weighted by atomic mass is 32.2. The molecule has 2 aromatic carbocycles. The number of allylic oxidation sites excluding steroid dienone is 1. The van der Waals surface area contributed by atoms with E-state index in [1.165, 1.54) is 0 Å². The second-order valence-corrected chi connectivity index (χ2v) is 9.53. The molecule has 1 aliphatic rings. The van der Waals surface area contributed by atoms with Gasteiger partial charge in [0.1, 0.15) is 17.5 Å². The Bertz CT molecular complexity index is 1220. The molecule has 0 saturated carbocycles. The Kier molecular flexibility index (Phi) is 7.65. The first kappa shape index (κ1) is 24.7. The lowest BCUT2D eigenvalue weighted by atomic mass is 9.95. The van der Waals surface area contributed by atoms with Gasteiger partial charge in [-0.25, -0.2) is 4.68 Å². The van der Waals surface area contributed by atoms with Crippen molar-refractivity contribution in [1.29, 1.82) is 0 Å². The van der Waals surface area contributed by atoms with Gasteiger partial charge in [0.2, 0.25) is 11.1 Å². The molecule has 3 aromatic rings. The number of thioether (sulfide) groups is 1. The van der Waals surface area contributed by atoms with Crippen LogP contribution in [0.3, 0.4) is 0 Å². The maximum absolute atomic E-state index is 13.7. The second kappa shape index (κ2) is 10.9. The number of hydrogen-bond acceptors (Lipinski definition) is 7. The van der Waals surface area contributed by atoms with Crippen LogP contribution in [-0.2, 0) is 4.79 Å². The summed E-state index contributed by atoms with van der Waals surface area (Å²) in [6.07, 6.45) is 1.09. The number of fused-ring (bicyclic) bond motifs is 1. The first-order valence-corrected chi connectivity index (χ1v) is 12.7. The number of rotatable bonds is 9. The lowest BCUT2D eigenvalue weighted by Crippen LogP contribution is -2.31. The van der Waals surface area contributed by atoms with Gasteiger partial charge in [0.05, 0.1) is 24.5 Å². The highest BCUT2D eigenvalue weighted by Crippen LogP contribution is 2.38. The fourth-order valence-corrected chi connectivity index (χ4v) is 4.61. The van der Waals surface area contributed by atoms with Gasteiger partial charge >= 0.3 is 0 Å². The van der Waals surface area contributed by atoms with Crippen molar-refractivity contribution in [2.45, 2.75) is 51.4 Å². The number of amides is 1. The van der Waals surface area contributed by atoms with E-state index in [9.17, 15) is 4.79 Å². The van der Waals surface area contributed by atoms with Gasteiger partial charge in [0.25, 0.3) is 5.91 Å². The molecule has 0 radical (unpaired) electrons. The molecule has 1 unspecified atom stereocenters. The van der Waals surface area contributed by atoms with Crippen molar-refractivity contribution in [2.24, 2.45) is 0 Å². The molecular weight excluding hydrogens is 462 g/mol. The Morgan fingerprint density at radius 2 is 1.94 bits per heavy atom. The van der Waals surface area contributed by atoms with Crippen LogP contribution in [0.1, 0.15) is 45.7 Å². The number of para-hydroxylation sites is 2. The summed E-state index contributed by atoms with van der Waals surface area (Å²) in [6.45, 7) is 7.99. The van der Waals surface area contributed by atoms with Crippen molar-refractivity contribution >= 4 is 29.3 Å². The molecule has 184 valence electrons. The van der Waals surface area contributed by atoms with E-state index in [-0.39, 0.29) is 12.0 Å². The van der Waals surface area contributed by atoms with E-state index in [1.54, 1.807) is 23.6 Å². The third kappa shape index (κ3) is 5.45. The van der Waals surface area contributed by atoms with Crippen molar-refractivity contribution in [3.05, 3.63) is 65.4 Å². The Morgan fingerprint density at radius 1 is 1.20 bits per heavy atom. The van der Waals surface area contributed by atoms with Crippen LogP contribution < -0.4 is 20.1 Å². The molecule has 1 atom stereocenters. The number of nitrogens with one attached hydrogen (secondary N) is 2. The van der Waals surface area contributed by atoms with E-state index in [0.717, 1.165) is 29.2 Å². The molecule has 0 saturated heterocycles. The maximum Gasteiger partial charge on any atom is 0.255 e. The topological polar surface area (TPSA) is 90.3 Å². The molecule has 9 heteroatoms. The van der Waals surface area contributed by atoms with E-state index >= 15 is 0 Å². The number of carbonyl (C=O) groups excluding carboxylic acids is 1. The summed E-state index contributed by atoms with van der Waals surface area (Å²) in [6, 6.07) is 14.7. The molecule has 8 nitrogen and oxygen atoms in total. The van der Waals surface area contributed by atoms with E-state index in [4.69, 9.17) is 14.6 Å². The summed E-state index contributed by atoms with van der Waals surface area (Å²) in [5.41, 5.74) is 2.78. The van der Waals surface area contributed by atoms with Crippen LogP contribution in [0.25, 0.3) is 0 Å².